The Morgan fingerprint density at radius 3 is 2.33 bits per heavy atom. The quantitative estimate of drug-likeness (QED) is 0.0942. The summed E-state index contributed by atoms with van der Waals surface area (Å²) < 4.78 is 24.3. The fourth-order valence-corrected chi connectivity index (χ4v) is 6.96. The molecule has 0 aromatic heterocycles. The van der Waals surface area contributed by atoms with Crippen molar-refractivity contribution in [1.29, 1.82) is 0 Å². The van der Waals surface area contributed by atoms with Crippen LogP contribution in [0.2, 0.25) is 0 Å². The van der Waals surface area contributed by atoms with Gasteiger partial charge in [-0.15, -0.1) is 0 Å². The molecular formula is C42H43N4O9+. The molecule has 284 valence electrons. The minimum atomic E-state index is -1.00. The SMILES string of the molecule is CCCOc1cc(NC(=O)C2C[N+](=c3ccc4c(-c5ccccc5C(=O)O)c5ccc(N6CCC6)cc5oc-4c3)C2)ccc1N(CC(=O)OC)CC(=O)OC. The first kappa shape index (κ1) is 37.0. The lowest BCUT2D eigenvalue weighted by molar-refractivity contribution is -0.140. The number of esters is 2. The Labute approximate surface area is 317 Å². The average molecular weight is 748 g/mol. The number of amides is 1. The van der Waals surface area contributed by atoms with Gasteiger partial charge in [-0.1, -0.05) is 25.1 Å². The molecule has 2 saturated heterocycles. The van der Waals surface area contributed by atoms with Crippen LogP contribution in [0.25, 0.3) is 33.4 Å². The molecule has 1 amide bonds. The number of hydrogen-bond acceptors (Lipinski definition) is 10. The summed E-state index contributed by atoms with van der Waals surface area (Å²) in [5, 5.41) is 14.8. The lowest BCUT2D eigenvalue weighted by atomic mass is 9.90. The zero-order valence-electron chi connectivity index (χ0n) is 31.0. The highest BCUT2D eigenvalue weighted by Gasteiger charge is 2.38. The average Bonchev–Trinajstić information content (AvgIpc) is 3.14. The van der Waals surface area contributed by atoms with E-state index in [1.807, 2.05) is 49.4 Å². The smallest absolute Gasteiger partial charge is 0.336 e. The number of carbonyl (C=O) groups excluding carboxylic acids is 3. The number of fused-ring (bicyclic) bond motifs is 2. The third-order valence-electron chi connectivity index (χ3n) is 10.1. The molecule has 3 heterocycles. The number of hydrogen-bond donors (Lipinski definition) is 2. The number of benzene rings is 4. The minimum absolute atomic E-state index is 0.158. The van der Waals surface area contributed by atoms with E-state index < -0.39 is 17.9 Å². The van der Waals surface area contributed by atoms with Crippen LogP contribution >= 0.6 is 0 Å². The Morgan fingerprint density at radius 1 is 0.909 bits per heavy atom. The molecule has 3 aliphatic heterocycles. The topological polar surface area (TPSA) is 151 Å². The van der Waals surface area contributed by atoms with E-state index in [0.29, 0.717) is 53.7 Å². The maximum atomic E-state index is 13.5. The van der Waals surface area contributed by atoms with Gasteiger partial charge in [-0.2, -0.15) is 0 Å². The molecule has 0 unspecified atom stereocenters. The first-order valence-corrected chi connectivity index (χ1v) is 18.3. The number of carboxylic acid groups (broad SMARTS) is 1. The Morgan fingerprint density at radius 2 is 1.65 bits per heavy atom. The summed E-state index contributed by atoms with van der Waals surface area (Å²) in [5.74, 6) is -1.52. The van der Waals surface area contributed by atoms with Gasteiger partial charge in [0.15, 0.2) is 19.0 Å². The van der Waals surface area contributed by atoms with E-state index in [1.165, 1.54) is 19.1 Å². The second-order valence-corrected chi connectivity index (χ2v) is 13.7. The number of rotatable bonds is 13. The molecule has 7 rings (SSSR count). The third kappa shape index (κ3) is 7.68. The van der Waals surface area contributed by atoms with E-state index in [4.69, 9.17) is 18.6 Å². The highest BCUT2D eigenvalue weighted by atomic mass is 16.5. The summed E-state index contributed by atoms with van der Waals surface area (Å²) in [5.41, 5.74) is 5.13. The largest absolute Gasteiger partial charge is 0.491 e. The Hall–Kier alpha value is -6.37. The minimum Gasteiger partial charge on any atom is -0.491 e. The number of anilines is 3. The van der Waals surface area contributed by atoms with Gasteiger partial charge in [0.2, 0.25) is 11.3 Å². The van der Waals surface area contributed by atoms with Crippen LogP contribution in [0, 0.1) is 5.92 Å². The molecule has 0 atom stereocenters. The number of methoxy groups -OCH3 is 2. The Balaban J connectivity index is 1.16. The van der Waals surface area contributed by atoms with Crippen LogP contribution < -0.4 is 29.8 Å². The summed E-state index contributed by atoms with van der Waals surface area (Å²) in [4.78, 5) is 53.9. The molecule has 0 spiro atoms. The highest BCUT2D eigenvalue weighted by Crippen LogP contribution is 2.42. The molecule has 3 aromatic rings. The summed E-state index contributed by atoms with van der Waals surface area (Å²) in [6.45, 7) is 4.85. The van der Waals surface area contributed by atoms with E-state index in [1.54, 1.807) is 30.3 Å². The summed E-state index contributed by atoms with van der Waals surface area (Å²) >= 11 is 0. The van der Waals surface area contributed by atoms with Gasteiger partial charge in [0.05, 0.1) is 38.1 Å². The molecule has 3 aromatic carbocycles. The van der Waals surface area contributed by atoms with Crippen molar-refractivity contribution in [2.45, 2.75) is 19.8 Å². The first-order valence-electron chi connectivity index (χ1n) is 18.3. The van der Waals surface area contributed by atoms with Crippen LogP contribution in [-0.2, 0) is 23.9 Å². The van der Waals surface area contributed by atoms with Crippen molar-refractivity contribution < 1.29 is 42.9 Å². The second kappa shape index (κ2) is 15.9. The standard InChI is InChI=1S/C42H42N4O9/c1-4-18-54-37-19-27(10-15-34(37)46(24-38(47)52-2)25-39(48)53-3)43-41(49)26-22-45(23-26)29-12-14-33-36(21-29)55-35-20-28(44-16-7-17-44)11-13-32(35)40(33)30-8-5-6-9-31(30)42(50)51/h5-6,8-15,19-21,26H,4,7,16-18,22-25H2,1-3H3,(H-,43,49,50,51)/p+1. The van der Waals surface area contributed by atoms with Gasteiger partial charge in [-0.05, 0) is 54.8 Å². The van der Waals surface area contributed by atoms with Gasteiger partial charge in [-0.3, -0.25) is 14.4 Å². The molecule has 13 heteroatoms. The van der Waals surface area contributed by atoms with Gasteiger partial charge in [0.1, 0.15) is 30.2 Å². The molecular weight excluding hydrogens is 704 g/mol. The fourth-order valence-electron chi connectivity index (χ4n) is 6.96. The first-order chi connectivity index (χ1) is 26.7. The van der Waals surface area contributed by atoms with E-state index in [9.17, 15) is 24.3 Å². The zero-order valence-corrected chi connectivity index (χ0v) is 31.0. The van der Waals surface area contributed by atoms with E-state index in [0.717, 1.165) is 53.5 Å². The van der Waals surface area contributed by atoms with Crippen LogP contribution in [0.15, 0.2) is 83.3 Å². The predicted molar refractivity (Wildman–Crippen MR) is 208 cm³/mol. The van der Waals surface area contributed by atoms with Crippen molar-refractivity contribution in [3.05, 3.63) is 89.8 Å². The molecule has 0 radical (unpaired) electrons. The van der Waals surface area contributed by atoms with Crippen molar-refractivity contribution in [3.63, 3.8) is 0 Å². The van der Waals surface area contributed by atoms with Gasteiger partial charge in [0, 0.05) is 59.2 Å². The summed E-state index contributed by atoms with van der Waals surface area (Å²) in [7, 11) is 2.54. The molecule has 0 saturated carbocycles. The number of nitrogens with one attached hydrogen (secondary N) is 1. The molecule has 0 bridgehead atoms. The number of nitrogens with zero attached hydrogens (tertiary/aromatic N) is 3. The molecule has 55 heavy (non-hydrogen) atoms. The van der Waals surface area contributed by atoms with Crippen LogP contribution in [0.5, 0.6) is 5.75 Å². The molecule has 2 fully saturated rings. The Kier molecular flexibility index (Phi) is 10.7. The zero-order chi connectivity index (χ0) is 38.6. The molecule has 1 aliphatic carbocycles. The van der Waals surface area contributed by atoms with Gasteiger partial charge in [-0.25, -0.2) is 9.37 Å². The van der Waals surface area contributed by atoms with E-state index in [-0.39, 0.29) is 30.5 Å². The van der Waals surface area contributed by atoms with Crippen LogP contribution in [0.4, 0.5) is 17.1 Å². The van der Waals surface area contributed by atoms with Gasteiger partial charge in [0.25, 0.3) is 0 Å². The number of aromatic carboxylic acids is 1. The van der Waals surface area contributed by atoms with Crippen molar-refractivity contribution in [1.82, 2.24) is 4.58 Å². The summed E-state index contributed by atoms with van der Waals surface area (Å²) in [6, 6.07) is 24.1. The number of ether oxygens (including phenoxy) is 3. The monoisotopic (exact) mass is 747 g/mol. The van der Waals surface area contributed by atoms with Crippen molar-refractivity contribution in [2.24, 2.45) is 5.92 Å². The number of carboxylic acids is 1. The lowest BCUT2D eigenvalue weighted by Gasteiger charge is -2.33. The fraction of sp³-hybridized carbons (Fsp3) is 0.310. The van der Waals surface area contributed by atoms with Gasteiger partial charge < -0.3 is 38.9 Å². The number of carbonyl (C=O) groups is 4. The predicted octanol–water partition coefficient (Wildman–Crippen LogP) is 5.09. The van der Waals surface area contributed by atoms with Gasteiger partial charge >= 0.3 is 17.9 Å². The summed E-state index contributed by atoms with van der Waals surface area (Å²) in [6.07, 6.45) is 1.86. The van der Waals surface area contributed by atoms with Crippen LogP contribution in [0.3, 0.4) is 0 Å². The lowest BCUT2D eigenvalue weighted by Crippen LogP contribution is -2.53. The molecule has 13 nitrogen and oxygen atoms in total. The second-order valence-electron chi connectivity index (χ2n) is 13.7. The maximum Gasteiger partial charge on any atom is 0.336 e. The van der Waals surface area contributed by atoms with Crippen LogP contribution in [0.1, 0.15) is 30.1 Å². The third-order valence-corrected chi connectivity index (χ3v) is 10.1. The Bertz CT molecular complexity index is 2300. The van der Waals surface area contributed by atoms with Crippen molar-refractivity contribution in [3.8, 4) is 28.2 Å². The van der Waals surface area contributed by atoms with Crippen molar-refractivity contribution >= 4 is 51.8 Å². The highest BCUT2D eigenvalue weighted by molar-refractivity contribution is 6.08. The normalized spacial score (nSPS) is 14.9. The van der Waals surface area contributed by atoms with E-state index in [2.05, 4.69) is 20.9 Å². The molecule has 4 aliphatic rings. The van der Waals surface area contributed by atoms with Crippen LogP contribution in [-0.4, -0.2) is 89.0 Å². The van der Waals surface area contributed by atoms with E-state index >= 15 is 0 Å². The molecule has 2 N–H and O–H groups in total. The maximum absolute atomic E-state index is 13.5. The van der Waals surface area contributed by atoms with Crippen molar-refractivity contribution in [2.75, 3.05) is 75.2 Å².